The summed E-state index contributed by atoms with van der Waals surface area (Å²) >= 11 is 1.62. The van der Waals surface area contributed by atoms with E-state index >= 15 is 0 Å². The molecule has 0 aromatic heterocycles. The van der Waals surface area contributed by atoms with Gasteiger partial charge in [0.15, 0.2) is 5.96 Å². The van der Waals surface area contributed by atoms with Crippen molar-refractivity contribution in [3.63, 3.8) is 0 Å². The van der Waals surface area contributed by atoms with Crippen molar-refractivity contribution in [1.29, 1.82) is 0 Å². The Labute approximate surface area is 299 Å². The number of ether oxygens (including phenoxy) is 6. The van der Waals surface area contributed by atoms with Gasteiger partial charge >= 0.3 is 5.97 Å². The molecule has 2 atom stereocenters. The van der Waals surface area contributed by atoms with E-state index < -0.39 is 0 Å². The molecule has 3 heterocycles. The molecule has 0 radical (unpaired) electrons. The van der Waals surface area contributed by atoms with E-state index in [0.29, 0.717) is 91.5 Å². The van der Waals surface area contributed by atoms with Crippen LogP contribution in [0.2, 0.25) is 0 Å². The van der Waals surface area contributed by atoms with Crippen molar-refractivity contribution in [2.24, 2.45) is 4.99 Å². The average molecular weight is 716 g/mol. The van der Waals surface area contributed by atoms with Crippen molar-refractivity contribution in [3.8, 4) is 0 Å². The Bertz CT molecular complexity index is 1330. The fourth-order valence-electron chi connectivity index (χ4n) is 5.84. The van der Waals surface area contributed by atoms with E-state index in [9.17, 15) is 9.59 Å². The van der Waals surface area contributed by atoms with Crippen molar-refractivity contribution >= 4 is 40.4 Å². The summed E-state index contributed by atoms with van der Waals surface area (Å²) in [6, 6.07) is 14.6. The molecule has 50 heavy (non-hydrogen) atoms. The number of fused-ring (bicyclic) bond motifs is 2. The van der Waals surface area contributed by atoms with Crippen LogP contribution in [0.25, 0.3) is 10.8 Å². The van der Waals surface area contributed by atoms with Crippen molar-refractivity contribution in [1.82, 2.24) is 20.4 Å². The minimum absolute atomic E-state index is 0.00130. The van der Waals surface area contributed by atoms with Gasteiger partial charge in [-0.05, 0) is 35.2 Å². The minimum Gasteiger partial charge on any atom is -0.463 e. The van der Waals surface area contributed by atoms with Crippen LogP contribution in [0.1, 0.15) is 18.4 Å². The van der Waals surface area contributed by atoms with E-state index in [1.165, 1.54) is 10.8 Å². The second-order valence-corrected chi connectivity index (χ2v) is 13.5. The number of carbonyl (C=O) groups is 2. The predicted octanol–water partition coefficient (Wildman–Crippen LogP) is 1.92. The number of hydrogen-bond donors (Lipinski definition) is 2. The monoisotopic (exact) mass is 715 g/mol. The molecule has 2 aromatic carbocycles. The quantitative estimate of drug-likeness (QED) is 0.349. The molecule has 0 spiro atoms. The van der Waals surface area contributed by atoms with Gasteiger partial charge in [-0.2, -0.15) is 0 Å². The van der Waals surface area contributed by atoms with Crippen molar-refractivity contribution in [2.75, 3.05) is 117 Å². The third-order valence-corrected chi connectivity index (χ3v) is 9.74. The lowest BCUT2D eigenvalue weighted by Crippen LogP contribution is -2.57. The fourth-order valence-corrected chi connectivity index (χ4v) is 6.76. The number of aliphatic imine (C=N–C) groups is 1. The molecule has 2 aromatic rings. The van der Waals surface area contributed by atoms with Crippen LogP contribution in [-0.2, 0) is 44.6 Å². The Hall–Kier alpha value is -2.98. The Morgan fingerprint density at radius 1 is 0.820 bits per heavy atom. The standard InChI is InChI=1S/C36H53N5O8S/c42-34(37-24-29-5-6-30-3-1-2-4-31(30)23-29)28-50-27-33-8-10-41-9-7-32(38-36(41)39-33)26-49-35(43)25-40-11-13-44-15-17-46-19-21-48-22-20-47-18-16-45-14-12-40/h1-6,23,32-33H,7-22,24-28H2,(H,37,42)(H,38,39)/t32-,33-/m0/s1. The maximum Gasteiger partial charge on any atom is 0.320 e. The summed E-state index contributed by atoms with van der Waals surface area (Å²) in [5.74, 6) is 1.79. The lowest BCUT2D eigenvalue weighted by atomic mass is 10.1. The average Bonchev–Trinajstić information content (AvgIpc) is 3.13. The van der Waals surface area contributed by atoms with Crippen molar-refractivity contribution in [3.05, 3.63) is 48.0 Å². The molecular weight excluding hydrogens is 662 g/mol. The smallest absolute Gasteiger partial charge is 0.320 e. The molecule has 1 amide bonds. The number of esters is 1. The van der Waals surface area contributed by atoms with Crippen molar-refractivity contribution < 1.29 is 38.0 Å². The zero-order chi connectivity index (χ0) is 34.6. The Morgan fingerprint density at radius 3 is 2.16 bits per heavy atom. The first kappa shape index (κ1) is 38.3. The molecule has 3 aliphatic rings. The molecule has 0 unspecified atom stereocenters. The third kappa shape index (κ3) is 14.0. The first-order valence-electron chi connectivity index (χ1n) is 17.8. The number of carbonyl (C=O) groups excluding carboxylic acids is 2. The number of nitrogens with one attached hydrogen (secondary N) is 2. The van der Waals surface area contributed by atoms with E-state index in [0.717, 1.165) is 43.2 Å². The van der Waals surface area contributed by atoms with E-state index in [4.69, 9.17) is 33.4 Å². The zero-order valence-electron chi connectivity index (χ0n) is 29.1. The predicted molar refractivity (Wildman–Crippen MR) is 194 cm³/mol. The third-order valence-electron chi connectivity index (χ3n) is 8.65. The normalized spacial score (nSPS) is 22.3. The second-order valence-electron chi connectivity index (χ2n) is 12.5. The highest BCUT2D eigenvalue weighted by Gasteiger charge is 2.29. The summed E-state index contributed by atoms with van der Waals surface area (Å²) in [5.41, 5.74) is 1.09. The van der Waals surface area contributed by atoms with Crippen LogP contribution in [0.15, 0.2) is 47.5 Å². The number of guanidine groups is 1. The number of amides is 1. The summed E-state index contributed by atoms with van der Waals surface area (Å²) in [6.07, 6.45) is 1.82. The highest BCUT2D eigenvalue weighted by Crippen LogP contribution is 2.19. The maximum absolute atomic E-state index is 12.9. The van der Waals surface area contributed by atoms with E-state index in [1.807, 2.05) is 17.0 Å². The molecule has 0 aliphatic carbocycles. The number of rotatable bonds is 10. The first-order valence-corrected chi connectivity index (χ1v) is 19.0. The number of thioether (sulfide) groups is 1. The lowest BCUT2D eigenvalue weighted by molar-refractivity contribution is -0.146. The Kier molecular flexibility index (Phi) is 16.9. The van der Waals surface area contributed by atoms with Crippen LogP contribution in [0.5, 0.6) is 0 Å². The highest BCUT2D eigenvalue weighted by molar-refractivity contribution is 8.00. The van der Waals surface area contributed by atoms with Crippen LogP contribution in [-0.4, -0.2) is 157 Å². The Morgan fingerprint density at radius 2 is 1.46 bits per heavy atom. The molecule has 3 aliphatic heterocycles. The van der Waals surface area contributed by atoms with Crippen LogP contribution in [0, 0.1) is 0 Å². The first-order chi connectivity index (χ1) is 24.6. The Balaban J connectivity index is 0.984. The van der Waals surface area contributed by atoms with Gasteiger partial charge in [0.1, 0.15) is 6.61 Å². The lowest BCUT2D eigenvalue weighted by Gasteiger charge is -2.39. The largest absolute Gasteiger partial charge is 0.463 e. The molecule has 0 saturated carbocycles. The SMILES string of the molecule is O=C(CSC[C@@H]1CCN2CC[C@@H](COC(=O)CN3CCOCCOCCOCCOCCOCC3)NC2=N1)NCc1ccc2ccccc2c1. The van der Waals surface area contributed by atoms with Crippen molar-refractivity contribution in [2.45, 2.75) is 31.5 Å². The van der Waals surface area contributed by atoms with Gasteiger partial charge in [0.25, 0.3) is 0 Å². The van der Waals surface area contributed by atoms with Gasteiger partial charge in [0, 0.05) is 38.5 Å². The van der Waals surface area contributed by atoms with Crippen LogP contribution < -0.4 is 10.6 Å². The van der Waals surface area contributed by atoms with Crippen LogP contribution in [0.4, 0.5) is 0 Å². The second kappa shape index (κ2) is 22.1. The number of nitrogens with zero attached hydrogens (tertiary/aromatic N) is 3. The molecule has 13 nitrogen and oxygen atoms in total. The molecule has 5 rings (SSSR count). The van der Waals surface area contributed by atoms with Gasteiger partial charge in [-0.15, -0.1) is 11.8 Å². The summed E-state index contributed by atoms with van der Waals surface area (Å²) in [5, 5.41) is 8.91. The van der Waals surface area contributed by atoms with E-state index in [2.05, 4.69) is 45.9 Å². The van der Waals surface area contributed by atoms with E-state index in [1.54, 1.807) is 11.8 Å². The number of benzene rings is 2. The summed E-state index contributed by atoms with van der Waals surface area (Å²) < 4.78 is 33.6. The number of hydrogen-bond acceptors (Lipinski definition) is 13. The molecule has 14 heteroatoms. The summed E-state index contributed by atoms with van der Waals surface area (Å²) in [7, 11) is 0. The zero-order valence-corrected chi connectivity index (χ0v) is 29.9. The van der Waals surface area contributed by atoms with Crippen LogP contribution in [0.3, 0.4) is 0 Å². The van der Waals surface area contributed by atoms with Gasteiger partial charge in [0.05, 0.1) is 90.5 Å². The van der Waals surface area contributed by atoms with E-state index in [-0.39, 0.29) is 37.1 Å². The van der Waals surface area contributed by atoms with Gasteiger partial charge in [0.2, 0.25) is 5.91 Å². The van der Waals surface area contributed by atoms with Gasteiger partial charge in [-0.1, -0.05) is 36.4 Å². The summed E-state index contributed by atoms with van der Waals surface area (Å²) in [6.45, 7) is 8.88. The molecule has 2 saturated heterocycles. The highest BCUT2D eigenvalue weighted by atomic mass is 32.2. The topological polar surface area (TPSA) is 132 Å². The van der Waals surface area contributed by atoms with Crippen LogP contribution >= 0.6 is 11.8 Å². The maximum atomic E-state index is 12.9. The minimum atomic E-state index is -0.276. The van der Waals surface area contributed by atoms with Gasteiger partial charge in [-0.3, -0.25) is 14.5 Å². The molecule has 276 valence electrons. The molecule has 2 N–H and O–H groups in total. The fraction of sp³-hybridized carbons (Fsp3) is 0.639. The molecule has 2 fully saturated rings. The molecular formula is C36H53N5O8S. The molecule has 0 bridgehead atoms. The van der Waals surface area contributed by atoms with Gasteiger partial charge in [-0.25, -0.2) is 4.99 Å². The van der Waals surface area contributed by atoms with Gasteiger partial charge < -0.3 is 44.0 Å². The summed E-state index contributed by atoms with van der Waals surface area (Å²) in [4.78, 5) is 34.6.